The van der Waals surface area contributed by atoms with Gasteiger partial charge in [-0.25, -0.2) is 4.39 Å². The molecule has 100 valence electrons. The summed E-state index contributed by atoms with van der Waals surface area (Å²) >= 11 is 12.3. The van der Waals surface area contributed by atoms with E-state index in [2.05, 4.69) is 0 Å². The molecule has 0 bridgehead atoms. The number of rotatable bonds is 4. The minimum absolute atomic E-state index is 0.0672. The molecule has 2 rings (SSSR count). The Labute approximate surface area is 123 Å². The molecule has 0 fully saturated rings. The minimum atomic E-state index is -0.234. The van der Waals surface area contributed by atoms with Gasteiger partial charge in [0.2, 0.25) is 0 Å². The van der Waals surface area contributed by atoms with Crippen LogP contribution in [0.4, 0.5) is 4.39 Å². The maximum absolute atomic E-state index is 13.3. The number of alkyl halides is 1. The minimum Gasteiger partial charge on any atom is -0.207 e. The molecule has 19 heavy (non-hydrogen) atoms. The lowest BCUT2D eigenvalue weighted by atomic mass is 9.93. The highest BCUT2D eigenvalue weighted by molar-refractivity contribution is 6.31. The van der Waals surface area contributed by atoms with Crippen molar-refractivity contribution in [2.45, 2.75) is 19.3 Å². The van der Waals surface area contributed by atoms with Crippen LogP contribution < -0.4 is 0 Å². The fourth-order valence-corrected chi connectivity index (χ4v) is 2.70. The van der Waals surface area contributed by atoms with Crippen molar-refractivity contribution < 1.29 is 4.39 Å². The molecule has 0 saturated heterocycles. The Morgan fingerprint density at radius 3 is 2.58 bits per heavy atom. The molecule has 0 nitrogen and oxygen atoms in total. The van der Waals surface area contributed by atoms with Crippen LogP contribution in [0.2, 0.25) is 5.02 Å². The lowest BCUT2D eigenvalue weighted by Crippen LogP contribution is -2.05. The quantitative estimate of drug-likeness (QED) is 0.667. The molecule has 0 N–H and O–H groups in total. The van der Waals surface area contributed by atoms with Crippen LogP contribution >= 0.6 is 23.2 Å². The molecule has 0 amide bonds. The van der Waals surface area contributed by atoms with Gasteiger partial charge in [-0.1, -0.05) is 35.9 Å². The molecular weight excluding hydrogens is 282 g/mol. The molecule has 0 aromatic heterocycles. The predicted molar refractivity (Wildman–Crippen MR) is 79.8 cm³/mol. The molecule has 2 aromatic carbocycles. The van der Waals surface area contributed by atoms with Crippen molar-refractivity contribution in [2.24, 2.45) is 0 Å². The van der Waals surface area contributed by atoms with Gasteiger partial charge in [-0.15, -0.1) is 11.6 Å². The lowest BCUT2D eigenvalue weighted by molar-refractivity contribution is 0.621. The average Bonchev–Trinajstić information content (AvgIpc) is 2.38. The SMILES string of the molecule is Cc1ccc(CC(CCl)c2cccc(F)c2)c(Cl)c1. The highest BCUT2D eigenvalue weighted by Crippen LogP contribution is 2.27. The smallest absolute Gasteiger partial charge is 0.123 e. The predicted octanol–water partition coefficient (Wildman–Crippen LogP) is 5.35. The monoisotopic (exact) mass is 296 g/mol. The second-order valence-electron chi connectivity index (χ2n) is 4.71. The van der Waals surface area contributed by atoms with E-state index in [-0.39, 0.29) is 11.7 Å². The van der Waals surface area contributed by atoms with Crippen molar-refractivity contribution in [1.29, 1.82) is 0 Å². The van der Waals surface area contributed by atoms with Crippen LogP contribution in [0, 0.1) is 12.7 Å². The van der Waals surface area contributed by atoms with Gasteiger partial charge in [0.15, 0.2) is 0 Å². The lowest BCUT2D eigenvalue weighted by Gasteiger charge is -2.15. The molecule has 0 aliphatic carbocycles. The maximum Gasteiger partial charge on any atom is 0.123 e. The van der Waals surface area contributed by atoms with Gasteiger partial charge >= 0.3 is 0 Å². The second kappa shape index (κ2) is 6.40. The van der Waals surface area contributed by atoms with Crippen molar-refractivity contribution in [3.05, 3.63) is 70.0 Å². The Morgan fingerprint density at radius 2 is 1.95 bits per heavy atom. The third kappa shape index (κ3) is 3.71. The van der Waals surface area contributed by atoms with Crippen molar-refractivity contribution >= 4 is 23.2 Å². The molecule has 0 radical (unpaired) electrons. The van der Waals surface area contributed by atoms with Gasteiger partial charge in [0.1, 0.15) is 5.82 Å². The molecular formula is C16H15Cl2F. The largest absolute Gasteiger partial charge is 0.207 e. The van der Waals surface area contributed by atoms with E-state index in [1.54, 1.807) is 6.07 Å². The summed E-state index contributed by atoms with van der Waals surface area (Å²) in [6.45, 7) is 2.00. The van der Waals surface area contributed by atoms with Crippen LogP contribution in [0.25, 0.3) is 0 Å². The summed E-state index contributed by atoms with van der Waals surface area (Å²) in [5, 5.41) is 0.742. The molecule has 2 aromatic rings. The van der Waals surface area contributed by atoms with Gasteiger partial charge < -0.3 is 0 Å². The molecule has 0 aliphatic rings. The molecule has 0 heterocycles. The van der Waals surface area contributed by atoms with Crippen LogP contribution in [-0.2, 0) is 6.42 Å². The van der Waals surface area contributed by atoms with Gasteiger partial charge in [0, 0.05) is 16.8 Å². The summed E-state index contributed by atoms with van der Waals surface area (Å²) < 4.78 is 13.3. The molecule has 0 spiro atoms. The molecule has 0 aliphatic heterocycles. The zero-order valence-corrected chi connectivity index (χ0v) is 12.2. The summed E-state index contributed by atoms with van der Waals surface area (Å²) in [5.74, 6) is 0.272. The molecule has 1 atom stereocenters. The summed E-state index contributed by atoms with van der Waals surface area (Å²) in [6.07, 6.45) is 0.714. The third-order valence-corrected chi connectivity index (χ3v) is 3.91. The zero-order valence-electron chi connectivity index (χ0n) is 10.7. The van der Waals surface area contributed by atoms with E-state index < -0.39 is 0 Å². The first-order valence-electron chi connectivity index (χ1n) is 6.16. The highest BCUT2D eigenvalue weighted by Gasteiger charge is 2.14. The Bertz CT molecular complexity index is 566. The Balaban J connectivity index is 2.24. The van der Waals surface area contributed by atoms with Crippen LogP contribution in [0.5, 0.6) is 0 Å². The van der Waals surface area contributed by atoms with Crippen molar-refractivity contribution in [1.82, 2.24) is 0 Å². The van der Waals surface area contributed by atoms with E-state index in [0.29, 0.717) is 12.3 Å². The molecule has 3 heteroatoms. The van der Waals surface area contributed by atoms with E-state index in [1.807, 2.05) is 31.2 Å². The molecule has 1 unspecified atom stereocenters. The standard InChI is InChI=1S/C16H15Cl2F/c1-11-5-6-13(16(18)7-11)8-14(10-17)12-3-2-4-15(19)9-12/h2-7,9,14H,8,10H2,1H3. The van der Waals surface area contributed by atoms with Gasteiger partial charge in [-0.05, 0) is 48.2 Å². The van der Waals surface area contributed by atoms with Gasteiger partial charge in [-0.3, -0.25) is 0 Å². The van der Waals surface area contributed by atoms with Gasteiger partial charge in [0.05, 0.1) is 0 Å². The van der Waals surface area contributed by atoms with Crippen molar-refractivity contribution in [3.8, 4) is 0 Å². The fraction of sp³-hybridized carbons (Fsp3) is 0.250. The van der Waals surface area contributed by atoms with E-state index >= 15 is 0 Å². The Hall–Kier alpha value is -1.05. The number of hydrogen-bond donors (Lipinski definition) is 0. The topological polar surface area (TPSA) is 0 Å². The highest BCUT2D eigenvalue weighted by atomic mass is 35.5. The average molecular weight is 297 g/mol. The summed E-state index contributed by atoms with van der Waals surface area (Å²) in [5.41, 5.74) is 3.08. The van der Waals surface area contributed by atoms with Crippen LogP contribution in [0.15, 0.2) is 42.5 Å². The third-order valence-electron chi connectivity index (χ3n) is 3.18. The van der Waals surface area contributed by atoms with Crippen LogP contribution in [-0.4, -0.2) is 5.88 Å². The summed E-state index contributed by atoms with van der Waals surface area (Å²) in [4.78, 5) is 0. The molecule has 0 saturated carbocycles. The van der Waals surface area contributed by atoms with E-state index in [9.17, 15) is 4.39 Å². The van der Waals surface area contributed by atoms with Gasteiger partial charge in [-0.2, -0.15) is 0 Å². The number of hydrogen-bond acceptors (Lipinski definition) is 0. The summed E-state index contributed by atoms with van der Waals surface area (Å²) in [6, 6.07) is 12.6. The van der Waals surface area contributed by atoms with Gasteiger partial charge in [0.25, 0.3) is 0 Å². The zero-order chi connectivity index (χ0) is 13.8. The summed E-state index contributed by atoms with van der Waals surface area (Å²) in [7, 11) is 0. The first-order chi connectivity index (χ1) is 9.10. The van der Waals surface area contributed by atoms with E-state index in [4.69, 9.17) is 23.2 Å². The van der Waals surface area contributed by atoms with Crippen molar-refractivity contribution in [3.63, 3.8) is 0 Å². The maximum atomic E-state index is 13.3. The number of halogens is 3. The van der Waals surface area contributed by atoms with Crippen LogP contribution in [0.1, 0.15) is 22.6 Å². The number of aryl methyl sites for hydroxylation is 1. The normalized spacial score (nSPS) is 12.4. The first kappa shape index (κ1) is 14.4. The second-order valence-corrected chi connectivity index (χ2v) is 5.42. The van der Waals surface area contributed by atoms with E-state index in [1.165, 1.54) is 12.1 Å². The fourth-order valence-electron chi connectivity index (χ4n) is 2.11. The Kier molecular flexibility index (Phi) is 4.84. The van der Waals surface area contributed by atoms with Crippen molar-refractivity contribution in [2.75, 3.05) is 5.88 Å². The Morgan fingerprint density at radius 1 is 1.16 bits per heavy atom. The number of benzene rings is 2. The van der Waals surface area contributed by atoms with E-state index in [0.717, 1.165) is 21.7 Å². The first-order valence-corrected chi connectivity index (χ1v) is 7.08. The van der Waals surface area contributed by atoms with Crippen LogP contribution in [0.3, 0.4) is 0 Å².